The minimum Gasteiger partial charge on any atom is -0.320 e. The van der Waals surface area contributed by atoms with Gasteiger partial charge in [0.05, 0.1) is 17.2 Å². The molecule has 0 aliphatic carbocycles. The molecule has 0 amide bonds. The summed E-state index contributed by atoms with van der Waals surface area (Å²) in [5.41, 5.74) is 6.81. The third kappa shape index (κ3) is 3.45. The van der Waals surface area contributed by atoms with Gasteiger partial charge in [0.1, 0.15) is 0 Å². The lowest BCUT2D eigenvalue weighted by Gasteiger charge is -2.26. The minimum atomic E-state index is -0.0206. The number of nitrogens with one attached hydrogen (secondary N) is 2. The number of aryl methyl sites for hydroxylation is 1. The highest BCUT2D eigenvalue weighted by molar-refractivity contribution is 5.79. The lowest BCUT2D eigenvalue weighted by atomic mass is 10.00. The molecule has 5 heterocycles. The van der Waals surface area contributed by atoms with Gasteiger partial charge < -0.3 is 4.98 Å². The molecule has 1 aliphatic heterocycles. The highest BCUT2D eigenvalue weighted by atomic mass is 16.1. The van der Waals surface area contributed by atoms with Crippen molar-refractivity contribution < 1.29 is 0 Å². The van der Waals surface area contributed by atoms with E-state index < -0.39 is 0 Å². The fourth-order valence-electron chi connectivity index (χ4n) is 3.90. The van der Waals surface area contributed by atoms with Gasteiger partial charge in [-0.3, -0.25) is 19.8 Å². The molecule has 0 fully saturated rings. The first-order valence-electron chi connectivity index (χ1n) is 9.91. The molecule has 7 nitrogen and oxygen atoms in total. The molecule has 0 saturated carbocycles. The number of aromatic amines is 2. The summed E-state index contributed by atoms with van der Waals surface area (Å²) in [6.45, 7) is 4.64. The number of nitrogens with zero attached hydrogens (tertiary/aromatic N) is 4. The zero-order chi connectivity index (χ0) is 19.8. The van der Waals surface area contributed by atoms with Gasteiger partial charge in [0.25, 0.3) is 5.56 Å². The predicted octanol–water partition coefficient (Wildman–Crippen LogP) is 3.05. The van der Waals surface area contributed by atoms with Gasteiger partial charge >= 0.3 is 0 Å². The molecular formula is C22H22N6O. The third-order valence-corrected chi connectivity index (χ3v) is 5.57. The second-order valence-corrected chi connectivity index (χ2v) is 7.50. The molecule has 7 heteroatoms. The van der Waals surface area contributed by atoms with E-state index in [1.54, 1.807) is 0 Å². The number of hydrogen-bond acceptors (Lipinski definition) is 5. The van der Waals surface area contributed by atoms with Gasteiger partial charge in [-0.1, -0.05) is 13.0 Å². The van der Waals surface area contributed by atoms with Crippen LogP contribution in [0.4, 0.5) is 0 Å². The van der Waals surface area contributed by atoms with E-state index in [4.69, 9.17) is 0 Å². The quantitative estimate of drug-likeness (QED) is 0.563. The van der Waals surface area contributed by atoms with E-state index in [-0.39, 0.29) is 5.56 Å². The molecule has 2 N–H and O–H groups in total. The molecule has 4 aromatic heterocycles. The first kappa shape index (κ1) is 17.8. The van der Waals surface area contributed by atoms with Crippen LogP contribution in [-0.4, -0.2) is 43.1 Å². The van der Waals surface area contributed by atoms with Crippen molar-refractivity contribution in [1.82, 2.24) is 30.0 Å². The summed E-state index contributed by atoms with van der Waals surface area (Å²) in [7, 11) is 0. The average molecular weight is 386 g/mol. The summed E-state index contributed by atoms with van der Waals surface area (Å²) in [6, 6.07) is 6.07. The summed E-state index contributed by atoms with van der Waals surface area (Å²) in [5.74, 6) is 0. The highest BCUT2D eigenvalue weighted by Crippen LogP contribution is 2.25. The average Bonchev–Trinajstić information content (AvgIpc) is 3.21. The lowest BCUT2D eigenvalue weighted by molar-refractivity contribution is 0.293. The van der Waals surface area contributed by atoms with Crippen LogP contribution in [0.2, 0.25) is 0 Å². The molecule has 5 rings (SSSR count). The van der Waals surface area contributed by atoms with Crippen LogP contribution in [0, 0.1) is 0 Å². The maximum atomic E-state index is 12.1. The van der Waals surface area contributed by atoms with Gasteiger partial charge in [-0.05, 0) is 47.7 Å². The summed E-state index contributed by atoms with van der Waals surface area (Å²) in [6.07, 6.45) is 9.59. The van der Waals surface area contributed by atoms with Crippen LogP contribution in [0.25, 0.3) is 27.6 Å². The Balaban J connectivity index is 1.32. The second-order valence-electron chi connectivity index (χ2n) is 7.50. The van der Waals surface area contributed by atoms with Crippen molar-refractivity contribution in [2.75, 3.05) is 13.1 Å². The van der Waals surface area contributed by atoms with Gasteiger partial charge in [0, 0.05) is 43.0 Å². The predicted molar refractivity (Wildman–Crippen MR) is 114 cm³/mol. The number of H-pyrrole nitrogens is 2. The van der Waals surface area contributed by atoms with E-state index in [2.05, 4.69) is 42.2 Å². The zero-order valence-corrected chi connectivity index (χ0v) is 16.3. The highest BCUT2D eigenvalue weighted by Gasteiger charge is 2.15. The first-order valence-corrected chi connectivity index (χ1v) is 9.91. The van der Waals surface area contributed by atoms with Gasteiger partial charge in [-0.15, -0.1) is 0 Å². The van der Waals surface area contributed by atoms with Crippen molar-refractivity contribution in [3.8, 4) is 0 Å². The molecule has 0 atom stereocenters. The van der Waals surface area contributed by atoms with Crippen LogP contribution >= 0.6 is 0 Å². The molecule has 29 heavy (non-hydrogen) atoms. The molecule has 0 bridgehead atoms. The van der Waals surface area contributed by atoms with E-state index in [1.165, 1.54) is 5.57 Å². The van der Waals surface area contributed by atoms with Crippen LogP contribution in [0.3, 0.4) is 0 Å². The third-order valence-electron chi connectivity index (χ3n) is 5.57. The SMILES string of the molecule is CCc1cc2ncc(CN3CC=C(c4cnc5[nH]ncc5c4)CC3)cc2[nH]c1=O. The summed E-state index contributed by atoms with van der Waals surface area (Å²) >= 11 is 0. The van der Waals surface area contributed by atoms with Crippen LogP contribution in [0.1, 0.15) is 30.0 Å². The summed E-state index contributed by atoms with van der Waals surface area (Å²) in [4.78, 5) is 26.4. The fraction of sp³-hybridized carbons (Fsp3) is 0.273. The Morgan fingerprint density at radius 1 is 1.14 bits per heavy atom. The first-order chi connectivity index (χ1) is 14.2. The zero-order valence-electron chi connectivity index (χ0n) is 16.3. The molecule has 1 aliphatic rings. The molecule has 0 saturated heterocycles. The Kier molecular flexibility index (Phi) is 4.44. The molecule has 0 radical (unpaired) electrons. The smallest absolute Gasteiger partial charge is 0.251 e. The van der Waals surface area contributed by atoms with Crippen molar-refractivity contribution in [2.45, 2.75) is 26.3 Å². The van der Waals surface area contributed by atoms with E-state index in [9.17, 15) is 4.79 Å². The number of fused-ring (bicyclic) bond motifs is 2. The Labute approximate surface area is 167 Å². The number of aromatic nitrogens is 5. The molecule has 0 aromatic carbocycles. The Hall–Kier alpha value is -3.32. The van der Waals surface area contributed by atoms with Crippen molar-refractivity contribution in [2.24, 2.45) is 0 Å². The van der Waals surface area contributed by atoms with Gasteiger partial charge in [-0.2, -0.15) is 5.10 Å². The topological polar surface area (TPSA) is 90.6 Å². The van der Waals surface area contributed by atoms with E-state index in [0.717, 1.165) is 64.8 Å². The van der Waals surface area contributed by atoms with Gasteiger partial charge in [0.2, 0.25) is 0 Å². The van der Waals surface area contributed by atoms with Crippen LogP contribution in [-0.2, 0) is 13.0 Å². The monoisotopic (exact) mass is 386 g/mol. The van der Waals surface area contributed by atoms with Crippen LogP contribution < -0.4 is 5.56 Å². The van der Waals surface area contributed by atoms with E-state index in [0.29, 0.717) is 6.42 Å². The Morgan fingerprint density at radius 3 is 2.90 bits per heavy atom. The van der Waals surface area contributed by atoms with Gasteiger partial charge in [-0.25, -0.2) is 4.98 Å². The largest absolute Gasteiger partial charge is 0.320 e. The molecular weight excluding hydrogens is 364 g/mol. The van der Waals surface area contributed by atoms with Crippen LogP contribution in [0.15, 0.2) is 47.7 Å². The molecule has 0 spiro atoms. The van der Waals surface area contributed by atoms with E-state index in [1.807, 2.05) is 37.6 Å². The Morgan fingerprint density at radius 2 is 2.07 bits per heavy atom. The van der Waals surface area contributed by atoms with Crippen molar-refractivity contribution in [3.05, 3.63) is 69.9 Å². The number of hydrogen-bond donors (Lipinski definition) is 2. The van der Waals surface area contributed by atoms with E-state index >= 15 is 0 Å². The van der Waals surface area contributed by atoms with Gasteiger partial charge in [0.15, 0.2) is 5.65 Å². The Bertz CT molecular complexity index is 1290. The normalized spacial score (nSPS) is 15.1. The fourth-order valence-corrected chi connectivity index (χ4v) is 3.90. The van der Waals surface area contributed by atoms with Crippen LogP contribution in [0.5, 0.6) is 0 Å². The number of rotatable bonds is 4. The summed E-state index contributed by atoms with van der Waals surface area (Å²) < 4.78 is 0. The lowest BCUT2D eigenvalue weighted by Crippen LogP contribution is -2.28. The summed E-state index contributed by atoms with van der Waals surface area (Å²) in [5, 5.41) is 7.96. The maximum Gasteiger partial charge on any atom is 0.251 e. The number of pyridine rings is 3. The minimum absolute atomic E-state index is 0.0206. The molecule has 0 unspecified atom stereocenters. The maximum absolute atomic E-state index is 12.1. The van der Waals surface area contributed by atoms with Crippen molar-refractivity contribution >= 4 is 27.6 Å². The second kappa shape index (κ2) is 7.25. The van der Waals surface area contributed by atoms with Crippen molar-refractivity contribution in [3.63, 3.8) is 0 Å². The van der Waals surface area contributed by atoms with Crippen molar-refractivity contribution in [1.29, 1.82) is 0 Å². The molecule has 146 valence electrons. The molecule has 4 aromatic rings. The standard InChI is InChI=1S/C22H22N6O/c1-2-15-9-19-20(26-22(15)29)7-14(10-23-19)13-28-5-3-16(4-6-28)17-8-18-12-25-27-21(18)24-11-17/h3,7-12H,2,4-6,13H2,1H3,(H,26,29)(H,24,25,27).